The molecule has 9 heteroatoms. The third-order valence-corrected chi connectivity index (χ3v) is 5.40. The van der Waals surface area contributed by atoms with E-state index in [1.807, 2.05) is 6.92 Å². The van der Waals surface area contributed by atoms with Crippen molar-refractivity contribution in [3.63, 3.8) is 0 Å². The van der Waals surface area contributed by atoms with Gasteiger partial charge in [0.15, 0.2) is 0 Å². The van der Waals surface area contributed by atoms with Gasteiger partial charge in [-0.05, 0) is 19.1 Å². The second-order valence-electron chi connectivity index (χ2n) is 5.55. The summed E-state index contributed by atoms with van der Waals surface area (Å²) in [5.41, 5.74) is 0.892. The smallest absolute Gasteiger partial charge is 0.423 e. The predicted molar refractivity (Wildman–Crippen MR) is 95.6 cm³/mol. The van der Waals surface area contributed by atoms with Crippen molar-refractivity contribution < 1.29 is 27.6 Å². The summed E-state index contributed by atoms with van der Waals surface area (Å²) in [5.74, 6) is -0.865. The summed E-state index contributed by atoms with van der Waals surface area (Å²) in [4.78, 5) is 28.7. The second kappa shape index (κ2) is 9.35. The maximum Gasteiger partial charge on any atom is 0.423 e. The summed E-state index contributed by atoms with van der Waals surface area (Å²) in [7, 11) is -0.150. The van der Waals surface area contributed by atoms with Crippen LogP contribution in [0.5, 0.6) is 0 Å². The highest BCUT2D eigenvalue weighted by atomic mass is 32.2. The lowest BCUT2D eigenvalue weighted by Gasteiger charge is -2.20. The van der Waals surface area contributed by atoms with Crippen LogP contribution in [0.25, 0.3) is 0 Å². The standard InChI is InChI=1S/C17H24N2O6S/c1-13-8-10-15(11-9-13)26(22,23)19(17(21)24-4)12-6-7-14(2)16(20)18(3)25-5/h6-11,14H,12H2,1-5H3/b7-6+/t14-/m0/s1. The number of hydrogen-bond donors (Lipinski definition) is 0. The summed E-state index contributed by atoms with van der Waals surface area (Å²) in [6.07, 6.45) is 1.91. The molecule has 0 saturated carbocycles. The number of rotatable bonds is 7. The number of ether oxygens (including phenoxy) is 1. The Labute approximate surface area is 154 Å². The fourth-order valence-corrected chi connectivity index (χ4v) is 3.32. The lowest BCUT2D eigenvalue weighted by Crippen LogP contribution is -2.37. The average Bonchev–Trinajstić information content (AvgIpc) is 2.63. The van der Waals surface area contributed by atoms with Gasteiger partial charge in [0.2, 0.25) is 0 Å². The van der Waals surface area contributed by atoms with E-state index in [0.717, 1.165) is 17.7 Å². The Morgan fingerprint density at radius 2 is 1.77 bits per heavy atom. The van der Waals surface area contributed by atoms with Crippen LogP contribution in [0, 0.1) is 12.8 Å². The summed E-state index contributed by atoms with van der Waals surface area (Å²) in [5, 5.41) is 1.07. The molecule has 0 bridgehead atoms. The summed E-state index contributed by atoms with van der Waals surface area (Å²) in [6, 6.07) is 6.12. The zero-order valence-electron chi connectivity index (χ0n) is 15.5. The maximum absolute atomic E-state index is 12.7. The van der Waals surface area contributed by atoms with Crippen LogP contribution in [0.15, 0.2) is 41.3 Å². The van der Waals surface area contributed by atoms with Crippen molar-refractivity contribution in [2.75, 3.05) is 27.8 Å². The van der Waals surface area contributed by atoms with E-state index in [1.165, 1.54) is 38.4 Å². The van der Waals surface area contributed by atoms with Gasteiger partial charge in [0.05, 0.1) is 31.6 Å². The number of carbonyl (C=O) groups excluding carboxylic acids is 2. The molecule has 8 nitrogen and oxygen atoms in total. The number of hydrogen-bond acceptors (Lipinski definition) is 6. The summed E-state index contributed by atoms with van der Waals surface area (Å²) < 4.78 is 30.6. The van der Waals surface area contributed by atoms with Crippen LogP contribution in [0.1, 0.15) is 12.5 Å². The molecule has 0 spiro atoms. The third kappa shape index (κ3) is 5.30. The van der Waals surface area contributed by atoms with E-state index in [0.29, 0.717) is 4.31 Å². The highest BCUT2D eigenvalue weighted by molar-refractivity contribution is 7.89. The summed E-state index contributed by atoms with van der Waals surface area (Å²) >= 11 is 0. The lowest BCUT2D eigenvalue weighted by molar-refractivity contribution is -0.171. The average molecular weight is 384 g/mol. The number of methoxy groups -OCH3 is 1. The minimum Gasteiger partial charge on any atom is -0.452 e. The van der Waals surface area contributed by atoms with Gasteiger partial charge in [0.1, 0.15) is 0 Å². The Morgan fingerprint density at radius 1 is 1.19 bits per heavy atom. The van der Waals surface area contributed by atoms with E-state index in [1.54, 1.807) is 19.1 Å². The minimum absolute atomic E-state index is 0.0230. The number of aryl methyl sites for hydroxylation is 1. The number of sulfonamides is 1. The third-order valence-electron chi connectivity index (χ3n) is 3.66. The van der Waals surface area contributed by atoms with Gasteiger partial charge in [-0.15, -0.1) is 0 Å². The van der Waals surface area contributed by atoms with E-state index in [2.05, 4.69) is 4.74 Å². The van der Waals surface area contributed by atoms with Gasteiger partial charge in [0.25, 0.3) is 15.9 Å². The van der Waals surface area contributed by atoms with Gasteiger partial charge in [0, 0.05) is 7.05 Å². The maximum atomic E-state index is 12.7. The number of hydroxylamine groups is 2. The van der Waals surface area contributed by atoms with E-state index in [4.69, 9.17) is 4.84 Å². The van der Waals surface area contributed by atoms with Crippen LogP contribution in [0.4, 0.5) is 4.79 Å². The molecule has 1 aromatic carbocycles. The van der Waals surface area contributed by atoms with Crippen molar-refractivity contribution in [3.05, 3.63) is 42.0 Å². The Bertz CT molecular complexity index is 758. The fraction of sp³-hybridized carbons (Fsp3) is 0.412. The number of carbonyl (C=O) groups is 2. The molecule has 0 N–H and O–H groups in total. The molecular formula is C17H24N2O6S. The van der Waals surface area contributed by atoms with Crippen molar-refractivity contribution in [1.82, 2.24) is 9.37 Å². The predicted octanol–water partition coefficient (Wildman–Crippen LogP) is 1.96. The highest BCUT2D eigenvalue weighted by Crippen LogP contribution is 2.17. The van der Waals surface area contributed by atoms with E-state index in [9.17, 15) is 18.0 Å². The van der Waals surface area contributed by atoms with Crippen molar-refractivity contribution in [3.8, 4) is 0 Å². The van der Waals surface area contributed by atoms with Crippen LogP contribution in [-0.4, -0.2) is 57.6 Å². The first-order valence-electron chi connectivity index (χ1n) is 7.80. The Morgan fingerprint density at radius 3 is 2.27 bits per heavy atom. The SMILES string of the molecule is COC(=O)N(C/C=C/[C@H](C)C(=O)N(C)OC)S(=O)(=O)c1ccc(C)cc1. The van der Waals surface area contributed by atoms with Crippen LogP contribution < -0.4 is 0 Å². The van der Waals surface area contributed by atoms with Crippen molar-refractivity contribution in [2.45, 2.75) is 18.7 Å². The molecule has 0 aliphatic carbocycles. The Hall–Kier alpha value is -2.39. The molecule has 2 amide bonds. The molecule has 0 radical (unpaired) electrons. The Kier molecular flexibility index (Phi) is 7.78. The molecule has 1 atom stereocenters. The molecule has 0 aliphatic rings. The molecule has 1 aromatic rings. The first kappa shape index (κ1) is 21.7. The van der Waals surface area contributed by atoms with Crippen molar-refractivity contribution >= 4 is 22.0 Å². The molecule has 26 heavy (non-hydrogen) atoms. The number of benzene rings is 1. The highest BCUT2D eigenvalue weighted by Gasteiger charge is 2.29. The van der Waals surface area contributed by atoms with E-state index < -0.39 is 22.0 Å². The van der Waals surface area contributed by atoms with Gasteiger partial charge in [-0.2, -0.15) is 4.31 Å². The van der Waals surface area contributed by atoms with Crippen LogP contribution >= 0.6 is 0 Å². The molecule has 1 rings (SSSR count). The van der Waals surface area contributed by atoms with Crippen molar-refractivity contribution in [1.29, 1.82) is 0 Å². The minimum atomic E-state index is -4.08. The Balaban J connectivity index is 3.01. The van der Waals surface area contributed by atoms with Crippen LogP contribution in [-0.2, 0) is 24.4 Å². The van der Waals surface area contributed by atoms with Gasteiger partial charge in [-0.3, -0.25) is 9.63 Å². The van der Waals surface area contributed by atoms with Crippen LogP contribution in [0.3, 0.4) is 0 Å². The molecule has 0 aliphatic heterocycles. The topological polar surface area (TPSA) is 93.2 Å². The van der Waals surface area contributed by atoms with Crippen molar-refractivity contribution in [2.24, 2.45) is 5.92 Å². The normalized spacial score (nSPS) is 12.7. The largest absolute Gasteiger partial charge is 0.452 e. The zero-order valence-corrected chi connectivity index (χ0v) is 16.3. The number of amides is 2. The van der Waals surface area contributed by atoms with Gasteiger partial charge in [-0.25, -0.2) is 18.3 Å². The second-order valence-corrected chi connectivity index (χ2v) is 7.42. The number of nitrogens with zero attached hydrogens (tertiary/aromatic N) is 2. The molecule has 0 unspecified atom stereocenters. The van der Waals surface area contributed by atoms with Crippen LogP contribution in [0.2, 0.25) is 0 Å². The van der Waals surface area contributed by atoms with E-state index >= 15 is 0 Å². The van der Waals surface area contributed by atoms with Gasteiger partial charge in [-0.1, -0.05) is 36.8 Å². The molecular weight excluding hydrogens is 360 g/mol. The molecule has 0 saturated heterocycles. The van der Waals surface area contributed by atoms with Gasteiger partial charge < -0.3 is 4.74 Å². The lowest BCUT2D eigenvalue weighted by atomic mass is 10.1. The zero-order chi connectivity index (χ0) is 19.9. The molecule has 144 valence electrons. The molecule has 0 heterocycles. The fourth-order valence-electron chi connectivity index (χ4n) is 2.03. The quantitative estimate of drug-likeness (QED) is 0.527. The van der Waals surface area contributed by atoms with E-state index in [-0.39, 0.29) is 17.3 Å². The molecule has 0 fully saturated rings. The summed E-state index contributed by atoms with van der Waals surface area (Å²) in [6.45, 7) is 3.19. The monoisotopic (exact) mass is 384 g/mol. The first-order valence-corrected chi connectivity index (χ1v) is 9.24. The first-order chi connectivity index (χ1) is 12.1. The molecule has 0 aromatic heterocycles. The van der Waals surface area contributed by atoms with Gasteiger partial charge >= 0.3 is 6.09 Å².